The van der Waals surface area contributed by atoms with E-state index < -0.39 is 25.4 Å². The Morgan fingerprint density at radius 3 is 2.53 bits per heavy atom. The van der Waals surface area contributed by atoms with Gasteiger partial charge in [-0.15, -0.1) is 0 Å². The van der Waals surface area contributed by atoms with Gasteiger partial charge < -0.3 is 5.73 Å². The molecule has 0 fully saturated rings. The molecule has 1 aromatic rings. The Labute approximate surface area is 113 Å². The van der Waals surface area contributed by atoms with Crippen LogP contribution in [0.1, 0.15) is 18.1 Å². The minimum absolute atomic E-state index is 0.0569. The molecule has 1 aliphatic rings. The topological polar surface area (TPSA) is 94.3 Å². The lowest BCUT2D eigenvalue weighted by atomic mass is 10.1. The molecule has 0 saturated heterocycles. The van der Waals surface area contributed by atoms with E-state index in [9.17, 15) is 16.8 Å². The van der Waals surface area contributed by atoms with Crippen LogP contribution in [0.2, 0.25) is 0 Å². The molecule has 0 aliphatic carbocycles. The highest BCUT2D eigenvalue weighted by molar-refractivity contribution is 7.98. The molecular weight excluding hydrogens is 286 g/mol. The largest absolute Gasteiger partial charge is 0.326 e. The average Bonchev–Trinajstić information content (AvgIpc) is 2.60. The number of sulfone groups is 2. The molecular formula is C12H15NO4S2. The van der Waals surface area contributed by atoms with Crippen molar-refractivity contribution >= 4 is 25.8 Å². The zero-order valence-electron chi connectivity index (χ0n) is 10.5. The molecule has 0 unspecified atom stereocenters. The summed E-state index contributed by atoms with van der Waals surface area (Å²) in [6, 6.07) is 4.80. The predicted octanol–water partition coefficient (Wildman–Crippen LogP) is 0.708. The first kappa shape index (κ1) is 14.2. The molecule has 104 valence electrons. The van der Waals surface area contributed by atoms with Crippen molar-refractivity contribution in [3.8, 4) is 0 Å². The third kappa shape index (κ3) is 2.58. The van der Waals surface area contributed by atoms with E-state index in [1.165, 1.54) is 19.1 Å². The van der Waals surface area contributed by atoms with Crippen molar-refractivity contribution in [2.24, 2.45) is 5.73 Å². The fraction of sp³-hybridized carbons (Fsp3) is 0.333. The second-order valence-corrected chi connectivity index (χ2v) is 8.69. The lowest BCUT2D eigenvalue weighted by Crippen LogP contribution is -2.14. The van der Waals surface area contributed by atoms with Crippen LogP contribution in [-0.2, 0) is 26.2 Å². The van der Waals surface area contributed by atoms with E-state index in [0.717, 1.165) is 5.56 Å². The van der Waals surface area contributed by atoms with Gasteiger partial charge in [-0.25, -0.2) is 16.8 Å². The number of nitrogens with two attached hydrogens (primary N) is 1. The van der Waals surface area contributed by atoms with Crippen molar-refractivity contribution in [1.82, 2.24) is 0 Å². The average molecular weight is 301 g/mol. The summed E-state index contributed by atoms with van der Waals surface area (Å²) in [7, 11) is -7.05. The normalized spacial score (nSPS) is 17.1. The van der Waals surface area contributed by atoms with Gasteiger partial charge in [-0.2, -0.15) is 0 Å². The second kappa shape index (κ2) is 4.73. The first-order valence-corrected chi connectivity index (χ1v) is 9.09. The van der Waals surface area contributed by atoms with Gasteiger partial charge in [0.2, 0.25) is 9.84 Å². The Bertz CT molecular complexity index is 746. The number of hydrogen-bond acceptors (Lipinski definition) is 5. The fourth-order valence-corrected chi connectivity index (χ4v) is 5.03. The van der Waals surface area contributed by atoms with Gasteiger partial charge in [0, 0.05) is 12.3 Å². The summed E-state index contributed by atoms with van der Waals surface area (Å²) in [4.78, 5) is 0.101. The zero-order valence-corrected chi connectivity index (χ0v) is 12.1. The van der Waals surface area contributed by atoms with Crippen LogP contribution in [0.5, 0.6) is 0 Å². The highest BCUT2D eigenvalue weighted by Crippen LogP contribution is 2.34. The number of benzene rings is 1. The number of hydrogen-bond donors (Lipinski definition) is 1. The summed E-state index contributed by atoms with van der Waals surface area (Å²) < 4.78 is 47.6. The first-order valence-electron chi connectivity index (χ1n) is 5.79. The van der Waals surface area contributed by atoms with Crippen LogP contribution in [0.15, 0.2) is 28.0 Å². The third-order valence-corrected chi connectivity index (χ3v) is 6.78. The van der Waals surface area contributed by atoms with Crippen molar-refractivity contribution in [3.05, 3.63) is 34.2 Å². The second-order valence-electron chi connectivity index (χ2n) is 4.37. The summed E-state index contributed by atoms with van der Waals surface area (Å²) >= 11 is 0. The molecule has 0 radical (unpaired) electrons. The van der Waals surface area contributed by atoms with Crippen LogP contribution >= 0.6 is 0 Å². The predicted molar refractivity (Wildman–Crippen MR) is 73.8 cm³/mol. The molecule has 1 heterocycles. The first-order chi connectivity index (χ1) is 8.80. The molecule has 0 bridgehead atoms. The molecule has 0 amide bonds. The Morgan fingerprint density at radius 1 is 1.26 bits per heavy atom. The van der Waals surface area contributed by atoms with Crippen LogP contribution in [0, 0.1) is 0 Å². The highest BCUT2D eigenvalue weighted by atomic mass is 32.2. The van der Waals surface area contributed by atoms with E-state index in [-0.39, 0.29) is 15.6 Å². The summed E-state index contributed by atoms with van der Waals surface area (Å²) in [5.74, 6) is -0.525. The molecule has 2 N–H and O–H groups in total. The van der Waals surface area contributed by atoms with Crippen LogP contribution < -0.4 is 5.73 Å². The Balaban J connectivity index is 2.50. The quantitative estimate of drug-likeness (QED) is 0.883. The molecule has 1 aromatic carbocycles. The van der Waals surface area contributed by atoms with Crippen LogP contribution in [-0.4, -0.2) is 28.3 Å². The smallest absolute Gasteiger partial charge is 0.204 e. The maximum absolute atomic E-state index is 12.2. The SMILES string of the molecule is CCS(=O)(=O)CC1=Cc2cc(CN)ccc2S1(=O)=O. The van der Waals surface area contributed by atoms with Crippen molar-refractivity contribution in [2.75, 3.05) is 11.5 Å². The summed E-state index contributed by atoms with van der Waals surface area (Å²) in [6.45, 7) is 1.81. The van der Waals surface area contributed by atoms with Crippen molar-refractivity contribution < 1.29 is 16.8 Å². The molecule has 0 saturated carbocycles. The Morgan fingerprint density at radius 2 is 1.95 bits per heavy atom. The monoisotopic (exact) mass is 301 g/mol. The lowest BCUT2D eigenvalue weighted by Gasteiger charge is -2.04. The van der Waals surface area contributed by atoms with Gasteiger partial charge in [0.15, 0.2) is 9.84 Å². The van der Waals surface area contributed by atoms with Gasteiger partial charge in [-0.05, 0) is 29.3 Å². The molecule has 1 aliphatic heterocycles. The zero-order chi connectivity index (χ0) is 14.3. The summed E-state index contributed by atoms with van der Waals surface area (Å²) in [5, 5.41) is 0. The highest BCUT2D eigenvalue weighted by Gasteiger charge is 2.32. The van der Waals surface area contributed by atoms with Gasteiger partial charge >= 0.3 is 0 Å². The van der Waals surface area contributed by atoms with Gasteiger partial charge in [-0.3, -0.25) is 0 Å². The molecule has 19 heavy (non-hydrogen) atoms. The van der Waals surface area contributed by atoms with E-state index in [0.29, 0.717) is 12.1 Å². The van der Waals surface area contributed by atoms with E-state index >= 15 is 0 Å². The van der Waals surface area contributed by atoms with Gasteiger partial charge in [0.25, 0.3) is 0 Å². The standard InChI is InChI=1S/C12H15NO4S2/c1-2-18(14,15)8-11-6-10-5-9(7-13)3-4-12(10)19(11,16)17/h3-6H,2,7-8,13H2,1H3. The summed E-state index contributed by atoms with van der Waals surface area (Å²) in [6.07, 6.45) is 1.43. The van der Waals surface area contributed by atoms with E-state index in [1.807, 2.05) is 0 Å². The molecule has 2 rings (SSSR count). The molecule has 7 heteroatoms. The molecule has 5 nitrogen and oxygen atoms in total. The minimum Gasteiger partial charge on any atom is -0.326 e. The molecule has 0 atom stereocenters. The fourth-order valence-electron chi connectivity index (χ4n) is 1.91. The number of rotatable bonds is 4. The van der Waals surface area contributed by atoms with Crippen molar-refractivity contribution in [3.63, 3.8) is 0 Å². The van der Waals surface area contributed by atoms with E-state index in [2.05, 4.69) is 0 Å². The minimum atomic E-state index is -3.67. The maximum Gasteiger partial charge on any atom is 0.204 e. The van der Waals surface area contributed by atoms with Crippen molar-refractivity contribution in [1.29, 1.82) is 0 Å². The lowest BCUT2D eigenvalue weighted by molar-refractivity contribution is 0.594. The van der Waals surface area contributed by atoms with Crippen LogP contribution in [0.25, 0.3) is 6.08 Å². The van der Waals surface area contributed by atoms with Gasteiger partial charge in [0.05, 0.1) is 15.6 Å². The van der Waals surface area contributed by atoms with E-state index in [1.54, 1.807) is 12.1 Å². The van der Waals surface area contributed by atoms with Crippen molar-refractivity contribution in [2.45, 2.75) is 18.4 Å². The Hall–Kier alpha value is -1.18. The van der Waals surface area contributed by atoms with Crippen LogP contribution in [0.4, 0.5) is 0 Å². The molecule has 0 aromatic heterocycles. The number of fused-ring (bicyclic) bond motifs is 1. The van der Waals surface area contributed by atoms with Gasteiger partial charge in [-0.1, -0.05) is 13.0 Å². The molecule has 0 spiro atoms. The van der Waals surface area contributed by atoms with E-state index in [4.69, 9.17) is 5.73 Å². The summed E-state index contributed by atoms with van der Waals surface area (Å²) in [5.41, 5.74) is 6.83. The van der Waals surface area contributed by atoms with Crippen LogP contribution in [0.3, 0.4) is 0 Å². The van der Waals surface area contributed by atoms with Gasteiger partial charge in [0.1, 0.15) is 0 Å². The maximum atomic E-state index is 12.2. The Kier molecular flexibility index (Phi) is 3.55. The third-order valence-electron chi connectivity index (χ3n) is 3.06.